The Kier molecular flexibility index (Phi) is 20.9. The number of piperidine rings is 3. The fourth-order valence-corrected chi connectivity index (χ4v) is 20.5. The van der Waals surface area contributed by atoms with Gasteiger partial charge in [-0.2, -0.15) is 12.9 Å². The zero-order valence-corrected chi connectivity index (χ0v) is 56.6. The quantitative estimate of drug-likeness (QED) is 0.104. The number of rotatable bonds is 13. The van der Waals surface area contributed by atoms with Crippen LogP contribution in [0.3, 0.4) is 0 Å². The summed E-state index contributed by atoms with van der Waals surface area (Å²) in [5.41, 5.74) is -1.22. The van der Waals surface area contributed by atoms with Gasteiger partial charge in [0.05, 0.1) is 65.9 Å². The summed E-state index contributed by atoms with van der Waals surface area (Å²) in [5.74, 6) is 2.17. The summed E-state index contributed by atoms with van der Waals surface area (Å²) in [5, 5.41) is 25.3. The number of hydrogen-bond acceptors (Lipinski definition) is 20. The molecule has 4 N–H and O–H groups in total. The van der Waals surface area contributed by atoms with Gasteiger partial charge in [0.15, 0.2) is 0 Å². The van der Waals surface area contributed by atoms with Crippen molar-refractivity contribution in [1.82, 2.24) is 33.3 Å². The first-order chi connectivity index (χ1) is 44.5. The molecule has 24 nitrogen and oxygen atoms in total. The van der Waals surface area contributed by atoms with Crippen LogP contribution in [0.25, 0.3) is 0 Å². The number of methoxy groups -OCH3 is 2. The summed E-state index contributed by atoms with van der Waals surface area (Å²) >= 11 is 0. The van der Waals surface area contributed by atoms with Gasteiger partial charge in [-0.15, -0.1) is 0 Å². The van der Waals surface area contributed by atoms with Gasteiger partial charge in [-0.3, -0.25) is 14.5 Å². The standard InChI is InChI=1S/C18H20N2O4S.C17H24N2O4S.C17H26N2O4S.C13H18N2O4S/c1-23-14-6-8-15(9-7-14)25(21,22)20-12-10-18(19-11-13-24-18)16-4-2-3-5-17(16)20;20-15-4-6-16(7-5-15)24(21,22)19-10-11-23-17(19)8-1-9-18(13-17)12-14-2-3-14;1-14(2)18-10-8-17(9-11-18)19(12-13-23-17)24(20,21)16-6-4-15(22-3)5-7-16;16-11-2-4-12(5-3-11)20(17,18)15-8-9-19-13(15)6-1-7-14-10-13/h2-9,19H,10-13H2,1H3;4-7,14,20H,1-3,8-13H2;4-7,14H,8-13H2,1-3H3;2-5,14,16H,1,6-10H2. The number of aromatic hydroxyl groups is 2. The van der Waals surface area contributed by atoms with Crippen molar-refractivity contribution in [2.24, 2.45) is 5.92 Å². The Morgan fingerprint density at radius 2 is 1.00 bits per heavy atom. The molecule has 3 unspecified atom stereocenters. The lowest BCUT2D eigenvalue weighted by Crippen LogP contribution is -2.58. The van der Waals surface area contributed by atoms with Crippen molar-refractivity contribution < 1.29 is 72.3 Å². The average molecular weight is 1370 g/mol. The summed E-state index contributed by atoms with van der Waals surface area (Å²) in [6.45, 7) is 14.4. The number of sulfonamides is 4. The largest absolute Gasteiger partial charge is 0.508 e. The zero-order valence-electron chi connectivity index (χ0n) is 53.3. The van der Waals surface area contributed by atoms with Gasteiger partial charge < -0.3 is 48.9 Å². The second kappa shape index (κ2) is 28.3. The number of ether oxygens (including phenoxy) is 6. The molecule has 1 aliphatic carbocycles. The molecule has 8 heterocycles. The maximum atomic E-state index is 13.2. The number of para-hydroxylation sites is 1. The molecule has 0 amide bonds. The van der Waals surface area contributed by atoms with Crippen molar-refractivity contribution in [2.75, 3.05) is 123 Å². The molecule has 4 spiro atoms. The Morgan fingerprint density at radius 1 is 0.516 bits per heavy atom. The van der Waals surface area contributed by atoms with E-state index >= 15 is 0 Å². The molecule has 28 heteroatoms. The monoisotopic (exact) mass is 1360 g/mol. The van der Waals surface area contributed by atoms with Crippen LogP contribution in [0.1, 0.15) is 77.2 Å². The van der Waals surface area contributed by atoms with E-state index in [1.807, 2.05) is 24.3 Å². The zero-order chi connectivity index (χ0) is 65.9. The number of benzene rings is 5. The van der Waals surface area contributed by atoms with Crippen LogP contribution in [0.4, 0.5) is 5.69 Å². The van der Waals surface area contributed by atoms with Crippen LogP contribution in [-0.2, 0) is 64.8 Å². The van der Waals surface area contributed by atoms with Crippen LogP contribution in [0.2, 0.25) is 0 Å². The van der Waals surface area contributed by atoms with E-state index in [4.69, 9.17) is 28.4 Å². The summed E-state index contributed by atoms with van der Waals surface area (Å²) in [6.07, 6.45) is 7.86. The van der Waals surface area contributed by atoms with E-state index in [-0.39, 0.29) is 26.2 Å². The minimum atomic E-state index is -3.65. The summed E-state index contributed by atoms with van der Waals surface area (Å²) in [7, 11) is -11.3. The van der Waals surface area contributed by atoms with E-state index in [9.17, 15) is 43.9 Å². The van der Waals surface area contributed by atoms with Crippen molar-refractivity contribution in [3.63, 3.8) is 0 Å². The molecule has 0 bridgehead atoms. The van der Waals surface area contributed by atoms with Gasteiger partial charge in [0, 0.05) is 96.3 Å². The van der Waals surface area contributed by atoms with Gasteiger partial charge >= 0.3 is 0 Å². The second-order valence-electron chi connectivity index (χ2n) is 25.1. The van der Waals surface area contributed by atoms with Crippen LogP contribution in [0, 0.1) is 5.92 Å². The van der Waals surface area contributed by atoms with E-state index in [0.717, 1.165) is 70.0 Å². The molecule has 8 aliphatic heterocycles. The topological polar surface area (TPSA) is 276 Å². The van der Waals surface area contributed by atoms with Gasteiger partial charge in [0.25, 0.3) is 10.0 Å². The number of phenolic OH excluding ortho intramolecular Hbond substituents is 2. The van der Waals surface area contributed by atoms with Gasteiger partial charge in [-0.25, -0.2) is 33.7 Å². The lowest BCUT2D eigenvalue weighted by atomic mass is 9.94. The molecule has 0 aromatic heterocycles. The Morgan fingerprint density at radius 3 is 1.49 bits per heavy atom. The van der Waals surface area contributed by atoms with E-state index in [1.165, 1.54) is 70.0 Å². The average Bonchev–Trinajstić information content (AvgIpc) is 1.76. The first kappa shape index (κ1) is 68.8. The molecular formula is C65H88N8O16S4. The Bertz CT molecular complexity index is 3800. The molecule has 7 saturated heterocycles. The maximum absolute atomic E-state index is 13.2. The van der Waals surface area contributed by atoms with Gasteiger partial charge in [-0.05, 0) is 175 Å². The van der Waals surface area contributed by atoms with Crippen LogP contribution in [0.15, 0.2) is 141 Å². The van der Waals surface area contributed by atoms with Crippen molar-refractivity contribution in [3.8, 4) is 23.0 Å². The number of nitrogens with one attached hydrogen (secondary N) is 2. The van der Waals surface area contributed by atoms with Crippen molar-refractivity contribution in [2.45, 2.75) is 120 Å². The normalized spacial score (nSPS) is 25.5. The summed E-state index contributed by atoms with van der Waals surface area (Å²) < 4.78 is 144. The number of nitrogens with zero attached hydrogens (tertiary/aromatic N) is 6. The third kappa shape index (κ3) is 14.5. The molecule has 14 rings (SSSR count). The SMILES string of the molecule is COc1ccc(S(=O)(=O)N2CCC3(NCCO3)c3ccccc32)cc1.COc1ccc(S(=O)(=O)N2CCOC23CCN(C(C)C)CC3)cc1.O=S(=O)(c1ccc(O)cc1)N1CCOC12CCCN(CC1CC1)C2.O=S(=O)(c1ccc(O)cc1)N1CCOC12CCCNC2. The molecule has 93 heavy (non-hydrogen) atoms. The highest BCUT2D eigenvalue weighted by Crippen LogP contribution is 2.45. The third-order valence-corrected chi connectivity index (χ3v) is 26.7. The first-order valence-electron chi connectivity index (χ1n) is 32.0. The van der Waals surface area contributed by atoms with E-state index in [0.29, 0.717) is 120 Å². The number of fused-ring (bicyclic) bond motifs is 2. The van der Waals surface area contributed by atoms with Crippen LogP contribution >= 0.6 is 0 Å². The lowest BCUT2D eigenvalue weighted by Gasteiger charge is -2.44. The van der Waals surface area contributed by atoms with Crippen molar-refractivity contribution >= 4 is 45.8 Å². The Balaban J connectivity index is 0.000000127. The minimum Gasteiger partial charge on any atom is -0.508 e. The van der Waals surface area contributed by atoms with E-state index in [1.54, 1.807) is 71.4 Å². The molecule has 1 saturated carbocycles. The summed E-state index contributed by atoms with van der Waals surface area (Å²) in [4.78, 5) is 5.67. The molecule has 0 radical (unpaired) electrons. The third-order valence-electron chi connectivity index (χ3n) is 19.0. The predicted octanol–water partition coefficient (Wildman–Crippen LogP) is 6.09. The smallest absolute Gasteiger partial charge is 0.264 e. The van der Waals surface area contributed by atoms with Crippen LogP contribution in [0.5, 0.6) is 23.0 Å². The highest BCUT2D eigenvalue weighted by Gasteiger charge is 2.54. The first-order valence-corrected chi connectivity index (χ1v) is 37.8. The number of anilines is 1. The Hall–Kier alpha value is -5.54. The highest BCUT2D eigenvalue weighted by molar-refractivity contribution is 7.93. The van der Waals surface area contributed by atoms with Gasteiger partial charge in [-0.1, -0.05) is 18.2 Å². The highest BCUT2D eigenvalue weighted by atomic mass is 32.2. The fraction of sp³-hybridized carbons (Fsp3) is 0.538. The fourth-order valence-electron chi connectivity index (χ4n) is 13.9. The summed E-state index contributed by atoms with van der Waals surface area (Å²) in [6, 6.07) is 32.4. The number of hydrogen-bond donors (Lipinski definition) is 4. The molecule has 3 atom stereocenters. The van der Waals surface area contributed by atoms with Crippen molar-refractivity contribution in [1.29, 1.82) is 0 Å². The van der Waals surface area contributed by atoms with Crippen LogP contribution in [-0.4, -0.2) is 209 Å². The molecule has 5 aromatic carbocycles. The number of likely N-dealkylation sites (tertiary alicyclic amines) is 2. The minimum absolute atomic E-state index is 0.0515. The molecule has 508 valence electrons. The van der Waals surface area contributed by atoms with E-state index < -0.39 is 63.0 Å². The van der Waals surface area contributed by atoms with Gasteiger partial charge in [0.2, 0.25) is 30.1 Å². The lowest BCUT2D eigenvalue weighted by molar-refractivity contribution is -0.0979. The van der Waals surface area contributed by atoms with Crippen LogP contribution < -0.4 is 24.4 Å². The maximum Gasteiger partial charge on any atom is 0.264 e. The molecule has 5 aromatic rings. The molecular weight excluding hydrogens is 1280 g/mol. The van der Waals surface area contributed by atoms with Crippen molar-refractivity contribution in [3.05, 3.63) is 127 Å². The molecule has 9 aliphatic rings. The predicted molar refractivity (Wildman–Crippen MR) is 348 cm³/mol. The van der Waals surface area contributed by atoms with E-state index in [2.05, 4.69) is 34.3 Å². The Labute approximate surface area is 547 Å². The number of phenols is 2. The second-order valence-corrected chi connectivity index (χ2v) is 32.5. The molecule has 8 fully saturated rings. The van der Waals surface area contributed by atoms with Gasteiger partial charge in [0.1, 0.15) is 45.9 Å².